The van der Waals surface area contributed by atoms with Gasteiger partial charge in [0.15, 0.2) is 0 Å². The molecule has 7 nitrogen and oxygen atoms in total. The standard InChI is InChI=1S/C21H34N4O3.2ClH/c1-6-28-17-13-21(22,20(17,2)3)19(27)24-14-15-8-7-9-16(12-15)18(26)23-10-11-25(4)5;;/h7-9,12,17H,6,10-11,13-14,22H2,1-5H3,(H,23,26)(H,24,27);2*1H. The lowest BCUT2D eigenvalue weighted by Gasteiger charge is -2.57. The van der Waals surface area contributed by atoms with Crippen LogP contribution in [0.1, 0.15) is 43.1 Å². The average molecular weight is 463 g/mol. The fraction of sp³-hybridized carbons (Fsp3) is 0.619. The number of hydrogen-bond donors (Lipinski definition) is 3. The lowest BCUT2D eigenvalue weighted by atomic mass is 9.54. The van der Waals surface area contributed by atoms with E-state index in [0.29, 0.717) is 31.7 Å². The maximum Gasteiger partial charge on any atom is 0.251 e. The van der Waals surface area contributed by atoms with Gasteiger partial charge in [0.1, 0.15) is 5.54 Å². The lowest BCUT2D eigenvalue weighted by molar-refractivity contribution is -0.170. The van der Waals surface area contributed by atoms with Crippen LogP contribution in [0.4, 0.5) is 0 Å². The van der Waals surface area contributed by atoms with Gasteiger partial charge in [0.2, 0.25) is 5.91 Å². The van der Waals surface area contributed by atoms with Crippen molar-refractivity contribution in [1.29, 1.82) is 0 Å². The van der Waals surface area contributed by atoms with Crippen LogP contribution in [0, 0.1) is 5.41 Å². The van der Waals surface area contributed by atoms with Crippen molar-refractivity contribution < 1.29 is 14.3 Å². The van der Waals surface area contributed by atoms with E-state index in [9.17, 15) is 9.59 Å². The molecular formula is C21H36Cl2N4O3. The number of rotatable bonds is 9. The minimum Gasteiger partial charge on any atom is -0.378 e. The summed E-state index contributed by atoms with van der Waals surface area (Å²) in [6, 6.07) is 7.26. The number of halogens is 2. The van der Waals surface area contributed by atoms with E-state index in [-0.39, 0.29) is 42.7 Å². The van der Waals surface area contributed by atoms with Crippen molar-refractivity contribution in [2.45, 2.75) is 45.4 Å². The van der Waals surface area contributed by atoms with Gasteiger partial charge in [-0.15, -0.1) is 24.8 Å². The van der Waals surface area contributed by atoms with Crippen LogP contribution in [0.3, 0.4) is 0 Å². The van der Waals surface area contributed by atoms with E-state index in [1.165, 1.54) is 0 Å². The van der Waals surface area contributed by atoms with Gasteiger partial charge in [0.25, 0.3) is 5.91 Å². The third kappa shape index (κ3) is 6.31. The van der Waals surface area contributed by atoms with E-state index in [0.717, 1.165) is 12.1 Å². The Bertz CT molecular complexity index is 715. The average Bonchev–Trinajstić information content (AvgIpc) is 2.65. The second-order valence-corrected chi connectivity index (χ2v) is 8.28. The van der Waals surface area contributed by atoms with Gasteiger partial charge in [-0.1, -0.05) is 26.0 Å². The molecule has 0 heterocycles. The molecule has 1 aromatic carbocycles. The highest BCUT2D eigenvalue weighted by Crippen LogP contribution is 2.49. The zero-order chi connectivity index (χ0) is 20.9. The first-order valence-electron chi connectivity index (χ1n) is 9.82. The summed E-state index contributed by atoms with van der Waals surface area (Å²) in [5, 5.41) is 5.82. The monoisotopic (exact) mass is 462 g/mol. The van der Waals surface area contributed by atoms with E-state index in [1.54, 1.807) is 12.1 Å². The molecule has 0 aliphatic heterocycles. The molecule has 4 N–H and O–H groups in total. The SMILES string of the molecule is CCOC1CC(N)(C(=O)NCc2cccc(C(=O)NCCN(C)C)c2)C1(C)C.Cl.Cl. The van der Waals surface area contributed by atoms with Crippen molar-refractivity contribution in [3.05, 3.63) is 35.4 Å². The fourth-order valence-corrected chi connectivity index (χ4v) is 3.48. The molecule has 1 aliphatic carbocycles. The second kappa shape index (κ2) is 11.9. The number of carbonyl (C=O) groups is 2. The molecule has 1 saturated carbocycles. The molecule has 30 heavy (non-hydrogen) atoms. The molecule has 0 radical (unpaired) electrons. The van der Waals surface area contributed by atoms with Crippen LogP contribution in [-0.2, 0) is 16.1 Å². The van der Waals surface area contributed by atoms with Crippen LogP contribution >= 0.6 is 24.8 Å². The molecular weight excluding hydrogens is 427 g/mol. The number of nitrogens with zero attached hydrogens (tertiary/aromatic N) is 1. The highest BCUT2D eigenvalue weighted by atomic mass is 35.5. The molecule has 2 rings (SSSR count). The van der Waals surface area contributed by atoms with Gasteiger partial charge in [-0.3, -0.25) is 9.59 Å². The molecule has 1 fully saturated rings. The number of benzene rings is 1. The van der Waals surface area contributed by atoms with Gasteiger partial charge < -0.3 is 26.0 Å². The van der Waals surface area contributed by atoms with Gasteiger partial charge >= 0.3 is 0 Å². The molecule has 0 aromatic heterocycles. The first-order chi connectivity index (χ1) is 13.1. The Kier molecular flexibility index (Phi) is 11.3. The third-order valence-electron chi connectivity index (χ3n) is 5.72. The molecule has 1 aliphatic rings. The zero-order valence-electron chi connectivity index (χ0n) is 18.5. The number of likely N-dealkylation sites (N-methyl/N-ethyl adjacent to an activating group) is 1. The summed E-state index contributed by atoms with van der Waals surface area (Å²) < 4.78 is 5.68. The zero-order valence-corrected chi connectivity index (χ0v) is 20.1. The van der Waals surface area contributed by atoms with Gasteiger partial charge in [0, 0.05) is 43.6 Å². The van der Waals surface area contributed by atoms with Crippen molar-refractivity contribution in [3.63, 3.8) is 0 Å². The fourth-order valence-electron chi connectivity index (χ4n) is 3.48. The molecule has 2 atom stereocenters. The summed E-state index contributed by atoms with van der Waals surface area (Å²) in [6.07, 6.45) is 0.496. The molecule has 0 bridgehead atoms. The summed E-state index contributed by atoms with van der Waals surface area (Å²) in [7, 11) is 3.92. The summed E-state index contributed by atoms with van der Waals surface area (Å²) >= 11 is 0. The Morgan fingerprint density at radius 2 is 1.90 bits per heavy atom. The molecule has 2 amide bonds. The lowest BCUT2D eigenvalue weighted by Crippen LogP contribution is -2.75. The number of amides is 2. The third-order valence-corrected chi connectivity index (χ3v) is 5.72. The highest BCUT2D eigenvalue weighted by Gasteiger charge is 2.62. The summed E-state index contributed by atoms with van der Waals surface area (Å²) in [5.74, 6) is -0.306. The Balaban J connectivity index is 0.00000420. The topological polar surface area (TPSA) is 96.7 Å². The van der Waals surface area contributed by atoms with Crippen LogP contribution in [0.25, 0.3) is 0 Å². The Morgan fingerprint density at radius 3 is 2.47 bits per heavy atom. The minimum absolute atomic E-state index is 0. The molecule has 2 unspecified atom stereocenters. The Hall–Kier alpha value is -1.38. The minimum atomic E-state index is -0.950. The van der Waals surface area contributed by atoms with Gasteiger partial charge in [-0.2, -0.15) is 0 Å². The van der Waals surface area contributed by atoms with Crippen molar-refractivity contribution in [1.82, 2.24) is 15.5 Å². The molecule has 172 valence electrons. The second-order valence-electron chi connectivity index (χ2n) is 8.28. The highest BCUT2D eigenvalue weighted by molar-refractivity contribution is 5.94. The van der Waals surface area contributed by atoms with Crippen molar-refractivity contribution in [2.75, 3.05) is 33.8 Å². The molecule has 0 spiro atoms. The number of ether oxygens (including phenoxy) is 1. The predicted octanol–water partition coefficient (Wildman–Crippen LogP) is 1.97. The quantitative estimate of drug-likeness (QED) is 0.521. The smallest absolute Gasteiger partial charge is 0.251 e. The maximum atomic E-state index is 12.7. The summed E-state index contributed by atoms with van der Waals surface area (Å²) in [6.45, 7) is 8.17. The van der Waals surface area contributed by atoms with Crippen LogP contribution in [0.2, 0.25) is 0 Å². The molecule has 0 saturated heterocycles. The van der Waals surface area contributed by atoms with Crippen molar-refractivity contribution in [2.24, 2.45) is 11.1 Å². The summed E-state index contributed by atoms with van der Waals surface area (Å²) in [5.41, 5.74) is 6.46. The van der Waals surface area contributed by atoms with Crippen LogP contribution in [0.5, 0.6) is 0 Å². The van der Waals surface area contributed by atoms with Crippen LogP contribution < -0.4 is 16.4 Å². The van der Waals surface area contributed by atoms with Gasteiger partial charge in [0.05, 0.1) is 6.10 Å². The number of carbonyl (C=O) groups excluding carboxylic acids is 2. The van der Waals surface area contributed by atoms with Gasteiger partial charge in [-0.25, -0.2) is 0 Å². The number of nitrogens with two attached hydrogens (primary N) is 1. The van der Waals surface area contributed by atoms with E-state index in [1.807, 2.05) is 51.9 Å². The Labute approximate surface area is 192 Å². The normalized spacial score (nSPS) is 21.6. The largest absolute Gasteiger partial charge is 0.378 e. The van der Waals surface area contributed by atoms with E-state index < -0.39 is 11.0 Å². The van der Waals surface area contributed by atoms with Crippen LogP contribution in [-0.4, -0.2) is 62.1 Å². The van der Waals surface area contributed by atoms with Crippen LogP contribution in [0.15, 0.2) is 24.3 Å². The predicted molar refractivity (Wildman–Crippen MR) is 124 cm³/mol. The number of nitrogens with one attached hydrogen (secondary N) is 2. The van der Waals surface area contributed by atoms with E-state index in [4.69, 9.17) is 10.5 Å². The Morgan fingerprint density at radius 1 is 1.23 bits per heavy atom. The molecule has 9 heteroatoms. The summed E-state index contributed by atoms with van der Waals surface area (Å²) in [4.78, 5) is 27.0. The van der Waals surface area contributed by atoms with Crippen molar-refractivity contribution >= 4 is 36.6 Å². The maximum absolute atomic E-state index is 12.7. The number of hydrogen-bond acceptors (Lipinski definition) is 5. The van der Waals surface area contributed by atoms with E-state index in [2.05, 4.69) is 10.6 Å². The first kappa shape index (κ1) is 28.6. The van der Waals surface area contributed by atoms with E-state index >= 15 is 0 Å². The van der Waals surface area contributed by atoms with Crippen molar-refractivity contribution in [3.8, 4) is 0 Å². The molecule has 1 aromatic rings. The first-order valence-corrected chi connectivity index (χ1v) is 9.82. The van der Waals surface area contributed by atoms with Gasteiger partial charge in [-0.05, 0) is 38.7 Å².